The number of anilines is 1. The lowest BCUT2D eigenvalue weighted by Gasteiger charge is -2.06. The van der Waals surface area contributed by atoms with Crippen LogP contribution in [0.15, 0.2) is 76.4 Å². The lowest BCUT2D eigenvalue weighted by Crippen LogP contribution is -2.13. The molecular weight excluding hydrogens is 427 g/mol. The molecule has 0 unspecified atom stereocenters. The minimum atomic E-state index is -0.440. The Hall–Kier alpha value is -3.65. The van der Waals surface area contributed by atoms with Crippen LogP contribution in [0, 0.1) is 5.82 Å². The van der Waals surface area contributed by atoms with Gasteiger partial charge in [0.15, 0.2) is 0 Å². The number of aromatic nitrogens is 3. The standard InChI is InChI=1S/C24H19FN4O2S/c1-2-29-20-10-6-4-7-16(20)18-13-15(11-12-21(18)29)26-22(30)14-32-24-28-27-23(31-24)17-8-3-5-9-19(17)25/h3-13H,2,14H2,1H3,(H,26,30). The number of thioether (sulfide) groups is 1. The van der Waals surface area contributed by atoms with Gasteiger partial charge < -0.3 is 14.3 Å². The first kappa shape index (κ1) is 20.3. The second-order valence-corrected chi connectivity index (χ2v) is 8.11. The van der Waals surface area contributed by atoms with Gasteiger partial charge in [-0.1, -0.05) is 42.1 Å². The molecule has 0 aliphatic heterocycles. The number of rotatable bonds is 6. The van der Waals surface area contributed by atoms with Gasteiger partial charge in [0.2, 0.25) is 5.91 Å². The van der Waals surface area contributed by atoms with E-state index in [9.17, 15) is 9.18 Å². The number of nitrogens with zero attached hydrogens (tertiary/aromatic N) is 3. The van der Waals surface area contributed by atoms with E-state index in [2.05, 4.69) is 39.1 Å². The lowest BCUT2D eigenvalue weighted by molar-refractivity contribution is -0.113. The Kier molecular flexibility index (Phi) is 5.36. The fraction of sp³-hybridized carbons (Fsp3) is 0.125. The smallest absolute Gasteiger partial charge is 0.277 e. The van der Waals surface area contributed by atoms with Crippen LogP contribution in [-0.2, 0) is 11.3 Å². The Morgan fingerprint density at radius 1 is 1.03 bits per heavy atom. The molecule has 2 aromatic heterocycles. The number of hydrogen-bond donors (Lipinski definition) is 1. The zero-order valence-corrected chi connectivity index (χ0v) is 18.0. The number of para-hydroxylation sites is 1. The number of fused-ring (bicyclic) bond motifs is 3. The van der Waals surface area contributed by atoms with Gasteiger partial charge in [-0.05, 0) is 43.3 Å². The van der Waals surface area contributed by atoms with Crippen LogP contribution in [0.1, 0.15) is 6.92 Å². The highest BCUT2D eigenvalue weighted by molar-refractivity contribution is 7.99. The van der Waals surface area contributed by atoms with Crippen molar-refractivity contribution in [1.29, 1.82) is 0 Å². The van der Waals surface area contributed by atoms with Crippen molar-refractivity contribution in [2.75, 3.05) is 11.1 Å². The third-order valence-corrected chi connectivity index (χ3v) is 6.03. The van der Waals surface area contributed by atoms with Crippen LogP contribution in [0.5, 0.6) is 0 Å². The van der Waals surface area contributed by atoms with E-state index in [1.54, 1.807) is 18.2 Å². The van der Waals surface area contributed by atoms with Crippen LogP contribution < -0.4 is 5.32 Å². The third kappa shape index (κ3) is 3.73. The maximum atomic E-state index is 13.9. The number of carbonyl (C=O) groups is 1. The maximum Gasteiger partial charge on any atom is 0.277 e. The van der Waals surface area contributed by atoms with E-state index in [0.29, 0.717) is 0 Å². The van der Waals surface area contributed by atoms with Crippen molar-refractivity contribution in [3.05, 3.63) is 72.5 Å². The fourth-order valence-corrected chi connectivity index (χ4v) is 4.37. The largest absolute Gasteiger partial charge is 0.411 e. The molecule has 0 radical (unpaired) electrons. The molecule has 0 aliphatic rings. The maximum absolute atomic E-state index is 13.9. The summed E-state index contributed by atoms with van der Waals surface area (Å²) in [5.41, 5.74) is 3.26. The van der Waals surface area contributed by atoms with E-state index >= 15 is 0 Å². The molecule has 8 heteroatoms. The van der Waals surface area contributed by atoms with Crippen molar-refractivity contribution in [3.63, 3.8) is 0 Å². The summed E-state index contributed by atoms with van der Waals surface area (Å²) in [6.45, 7) is 2.99. The highest BCUT2D eigenvalue weighted by Gasteiger charge is 2.15. The van der Waals surface area contributed by atoms with Crippen LogP contribution in [0.25, 0.3) is 33.3 Å². The molecule has 0 fully saturated rings. The first-order valence-corrected chi connectivity index (χ1v) is 11.1. The summed E-state index contributed by atoms with van der Waals surface area (Å²) >= 11 is 1.10. The molecule has 1 amide bonds. The topological polar surface area (TPSA) is 73.0 Å². The Balaban J connectivity index is 1.30. The minimum Gasteiger partial charge on any atom is -0.411 e. The second-order valence-electron chi connectivity index (χ2n) is 7.18. The molecule has 2 heterocycles. The summed E-state index contributed by atoms with van der Waals surface area (Å²) in [5.74, 6) is -0.457. The van der Waals surface area contributed by atoms with Crippen molar-refractivity contribution >= 4 is 45.2 Å². The normalized spacial score (nSPS) is 11.3. The quantitative estimate of drug-likeness (QED) is 0.337. The molecular formula is C24H19FN4O2S. The monoisotopic (exact) mass is 446 g/mol. The van der Waals surface area contributed by atoms with Gasteiger partial charge >= 0.3 is 0 Å². The SMILES string of the molecule is CCn1c2ccccc2c2cc(NC(=O)CSc3nnc(-c4ccccc4F)o3)ccc21. The minimum absolute atomic E-state index is 0.0868. The zero-order chi connectivity index (χ0) is 22.1. The Bertz CT molecular complexity index is 1440. The molecule has 5 aromatic rings. The molecule has 6 nitrogen and oxygen atoms in total. The molecule has 0 aliphatic carbocycles. The summed E-state index contributed by atoms with van der Waals surface area (Å²) < 4.78 is 21.6. The molecule has 0 saturated carbocycles. The molecule has 160 valence electrons. The lowest BCUT2D eigenvalue weighted by atomic mass is 10.1. The van der Waals surface area contributed by atoms with E-state index in [4.69, 9.17) is 4.42 Å². The van der Waals surface area contributed by atoms with Crippen molar-refractivity contribution in [1.82, 2.24) is 14.8 Å². The first-order chi connectivity index (χ1) is 15.6. The van der Waals surface area contributed by atoms with Crippen molar-refractivity contribution < 1.29 is 13.6 Å². The van der Waals surface area contributed by atoms with Crippen molar-refractivity contribution in [2.45, 2.75) is 18.7 Å². The number of carbonyl (C=O) groups excluding carboxylic acids is 1. The summed E-state index contributed by atoms with van der Waals surface area (Å²) in [5, 5.41) is 13.2. The first-order valence-electron chi connectivity index (χ1n) is 10.2. The number of nitrogens with one attached hydrogen (secondary N) is 1. The highest BCUT2D eigenvalue weighted by Crippen LogP contribution is 2.31. The Morgan fingerprint density at radius 3 is 2.66 bits per heavy atom. The van der Waals surface area contributed by atoms with Crippen LogP contribution in [0.3, 0.4) is 0 Å². The van der Waals surface area contributed by atoms with Crippen LogP contribution in [-0.4, -0.2) is 26.4 Å². The molecule has 1 N–H and O–H groups in total. The van der Waals surface area contributed by atoms with Gasteiger partial charge in [-0.25, -0.2) is 4.39 Å². The van der Waals surface area contributed by atoms with E-state index in [0.717, 1.165) is 40.3 Å². The van der Waals surface area contributed by atoms with E-state index < -0.39 is 5.82 Å². The summed E-state index contributed by atoms with van der Waals surface area (Å²) in [7, 11) is 0. The Morgan fingerprint density at radius 2 is 1.81 bits per heavy atom. The van der Waals surface area contributed by atoms with E-state index in [1.165, 1.54) is 11.6 Å². The number of halogens is 1. The van der Waals surface area contributed by atoms with Gasteiger partial charge in [-0.3, -0.25) is 4.79 Å². The van der Waals surface area contributed by atoms with Crippen molar-refractivity contribution in [2.24, 2.45) is 0 Å². The Labute approximate surface area is 187 Å². The van der Waals surface area contributed by atoms with Gasteiger partial charge in [-0.15, -0.1) is 10.2 Å². The van der Waals surface area contributed by atoms with Gasteiger partial charge in [0.1, 0.15) is 5.82 Å². The van der Waals surface area contributed by atoms with Gasteiger partial charge in [0.25, 0.3) is 11.1 Å². The highest BCUT2D eigenvalue weighted by atomic mass is 32.2. The van der Waals surface area contributed by atoms with Crippen LogP contribution in [0.2, 0.25) is 0 Å². The average molecular weight is 447 g/mol. The van der Waals surface area contributed by atoms with E-state index in [1.807, 2.05) is 30.3 Å². The third-order valence-electron chi connectivity index (χ3n) is 5.21. The van der Waals surface area contributed by atoms with Gasteiger partial charge in [0.05, 0.1) is 11.3 Å². The van der Waals surface area contributed by atoms with E-state index in [-0.39, 0.29) is 28.3 Å². The average Bonchev–Trinajstić information content (AvgIpc) is 3.40. The summed E-state index contributed by atoms with van der Waals surface area (Å²) in [6, 6.07) is 20.3. The van der Waals surface area contributed by atoms with Crippen molar-refractivity contribution in [3.8, 4) is 11.5 Å². The second kappa shape index (κ2) is 8.47. The summed E-state index contributed by atoms with van der Waals surface area (Å²) in [4.78, 5) is 12.5. The summed E-state index contributed by atoms with van der Waals surface area (Å²) in [6.07, 6.45) is 0. The molecule has 0 spiro atoms. The fourth-order valence-electron chi connectivity index (χ4n) is 3.81. The molecule has 32 heavy (non-hydrogen) atoms. The van der Waals surface area contributed by atoms with Crippen LogP contribution in [0.4, 0.5) is 10.1 Å². The molecule has 0 saturated heterocycles. The van der Waals surface area contributed by atoms with Crippen LogP contribution >= 0.6 is 11.8 Å². The molecule has 0 atom stereocenters. The number of hydrogen-bond acceptors (Lipinski definition) is 5. The molecule has 3 aromatic carbocycles. The number of benzene rings is 3. The van der Waals surface area contributed by atoms with Gasteiger partial charge in [0, 0.05) is 34.0 Å². The zero-order valence-electron chi connectivity index (χ0n) is 17.2. The predicted molar refractivity (Wildman–Crippen MR) is 124 cm³/mol. The predicted octanol–water partition coefficient (Wildman–Crippen LogP) is 5.73. The molecule has 5 rings (SSSR count). The number of amides is 1. The number of aryl methyl sites for hydroxylation is 1. The van der Waals surface area contributed by atoms with Gasteiger partial charge in [-0.2, -0.15) is 0 Å². The molecule has 0 bridgehead atoms.